The van der Waals surface area contributed by atoms with Crippen LogP contribution in [0.4, 0.5) is 0 Å². The third kappa shape index (κ3) is 5.48. The molecule has 0 saturated heterocycles. The molecule has 0 unspecified atom stereocenters. The fourth-order valence-electron chi connectivity index (χ4n) is 1.69. The van der Waals surface area contributed by atoms with Crippen LogP contribution in [0.1, 0.15) is 11.1 Å². The van der Waals surface area contributed by atoms with Gasteiger partial charge in [0, 0.05) is 18.4 Å². The van der Waals surface area contributed by atoms with Gasteiger partial charge in [-0.3, -0.25) is 0 Å². The zero-order valence-electron chi connectivity index (χ0n) is 11.5. The summed E-state index contributed by atoms with van der Waals surface area (Å²) < 4.78 is 50.9. The number of ether oxygens (including phenoxy) is 1. The molecule has 114 valence electrons. The van der Waals surface area contributed by atoms with Crippen LogP contribution in [0.15, 0.2) is 18.2 Å². The maximum absolute atomic E-state index is 11.9. The molecule has 0 heterocycles. The Morgan fingerprint density at radius 2 is 1.80 bits per heavy atom. The molecule has 0 aromatic heterocycles. The first-order valence-electron chi connectivity index (χ1n) is 5.91. The number of rotatable bonds is 7. The zero-order valence-corrected chi connectivity index (χ0v) is 13.1. The van der Waals surface area contributed by atoms with Gasteiger partial charge in [0.15, 0.2) is 9.84 Å². The second-order valence-corrected chi connectivity index (χ2v) is 9.02. The van der Waals surface area contributed by atoms with Crippen LogP contribution in [-0.4, -0.2) is 41.7 Å². The highest BCUT2D eigenvalue weighted by molar-refractivity contribution is 7.94. The Morgan fingerprint density at radius 3 is 2.30 bits per heavy atom. The first kappa shape index (κ1) is 16.9. The van der Waals surface area contributed by atoms with Crippen molar-refractivity contribution in [1.82, 2.24) is 0 Å². The molecule has 1 rings (SSSR count). The summed E-state index contributed by atoms with van der Waals surface area (Å²) >= 11 is 0. The van der Waals surface area contributed by atoms with Crippen molar-refractivity contribution >= 4 is 19.7 Å². The van der Waals surface area contributed by atoms with E-state index in [0.29, 0.717) is 16.9 Å². The maximum atomic E-state index is 11.9. The van der Waals surface area contributed by atoms with Gasteiger partial charge in [-0.25, -0.2) is 16.8 Å². The second kappa shape index (κ2) is 6.55. The molecular weight excluding hydrogens is 302 g/mol. The third-order valence-corrected chi connectivity index (χ3v) is 5.52. The fourth-order valence-corrected chi connectivity index (χ4v) is 4.74. The van der Waals surface area contributed by atoms with Gasteiger partial charge in [0.25, 0.3) is 0 Å². The Balaban J connectivity index is 2.87. The summed E-state index contributed by atoms with van der Waals surface area (Å²) in [6, 6.07) is 4.95. The Bertz CT molecular complexity index is 665. The van der Waals surface area contributed by atoms with Gasteiger partial charge in [-0.2, -0.15) is 0 Å². The van der Waals surface area contributed by atoms with E-state index in [1.165, 1.54) is 7.11 Å². The van der Waals surface area contributed by atoms with Gasteiger partial charge in [-0.1, -0.05) is 6.07 Å². The van der Waals surface area contributed by atoms with E-state index >= 15 is 0 Å². The monoisotopic (exact) mass is 321 g/mol. The van der Waals surface area contributed by atoms with Crippen LogP contribution in [-0.2, 0) is 32.0 Å². The summed E-state index contributed by atoms with van der Waals surface area (Å²) in [6.07, 6.45) is 1.02. The molecule has 0 amide bonds. The molecule has 20 heavy (non-hydrogen) atoms. The lowest BCUT2D eigenvalue weighted by Crippen LogP contribution is -2.17. The predicted molar refractivity (Wildman–Crippen MR) is 78.1 cm³/mol. The molecule has 1 aromatic rings. The number of nitrogens with two attached hydrogens (primary N) is 1. The quantitative estimate of drug-likeness (QED) is 0.764. The van der Waals surface area contributed by atoms with Crippen molar-refractivity contribution in [1.29, 1.82) is 0 Å². The minimum atomic E-state index is -3.47. The van der Waals surface area contributed by atoms with Crippen LogP contribution in [0.5, 0.6) is 5.75 Å². The van der Waals surface area contributed by atoms with E-state index in [1.54, 1.807) is 18.2 Å². The minimum Gasteiger partial charge on any atom is -0.496 e. The van der Waals surface area contributed by atoms with Crippen LogP contribution < -0.4 is 10.5 Å². The highest BCUT2D eigenvalue weighted by Gasteiger charge is 2.16. The van der Waals surface area contributed by atoms with Crippen molar-refractivity contribution in [2.75, 3.05) is 24.9 Å². The third-order valence-electron chi connectivity index (χ3n) is 2.72. The van der Waals surface area contributed by atoms with Crippen molar-refractivity contribution in [3.63, 3.8) is 0 Å². The summed E-state index contributed by atoms with van der Waals surface area (Å²) in [7, 11) is -5.25. The fraction of sp³-hybridized carbons (Fsp3) is 0.500. The van der Waals surface area contributed by atoms with Gasteiger partial charge >= 0.3 is 0 Å². The van der Waals surface area contributed by atoms with Crippen LogP contribution in [0.25, 0.3) is 0 Å². The molecule has 6 nitrogen and oxygen atoms in total. The molecule has 0 radical (unpaired) electrons. The molecule has 1 aromatic carbocycles. The number of hydrogen-bond acceptors (Lipinski definition) is 6. The highest BCUT2D eigenvalue weighted by Crippen LogP contribution is 2.20. The normalized spacial score (nSPS) is 12.3. The number of hydrogen-bond donors (Lipinski definition) is 1. The average molecular weight is 321 g/mol. The largest absolute Gasteiger partial charge is 0.496 e. The molecular formula is C12H19NO5S2. The highest BCUT2D eigenvalue weighted by atomic mass is 32.2. The predicted octanol–water partition coefficient (Wildman–Crippen LogP) is 0.113. The molecule has 0 aliphatic rings. The Morgan fingerprint density at radius 1 is 1.15 bits per heavy atom. The molecule has 0 aliphatic heterocycles. The Hall–Kier alpha value is -1.12. The van der Waals surface area contributed by atoms with E-state index in [9.17, 15) is 16.8 Å². The summed E-state index contributed by atoms with van der Waals surface area (Å²) in [4.78, 5) is 0. The summed E-state index contributed by atoms with van der Waals surface area (Å²) in [5, 5.41) is 0. The molecule has 8 heteroatoms. The van der Waals surface area contributed by atoms with Crippen LogP contribution in [0.3, 0.4) is 0 Å². The van der Waals surface area contributed by atoms with Crippen LogP contribution >= 0.6 is 0 Å². The van der Waals surface area contributed by atoms with Gasteiger partial charge in [0.2, 0.25) is 0 Å². The molecule has 0 spiro atoms. The zero-order chi connectivity index (χ0) is 15.4. The average Bonchev–Trinajstić information content (AvgIpc) is 2.35. The topological polar surface area (TPSA) is 104 Å². The van der Waals surface area contributed by atoms with E-state index < -0.39 is 19.7 Å². The minimum absolute atomic E-state index is 0.209. The maximum Gasteiger partial charge on any atom is 0.155 e. The van der Waals surface area contributed by atoms with E-state index in [4.69, 9.17) is 10.5 Å². The van der Waals surface area contributed by atoms with Gasteiger partial charge in [0.1, 0.15) is 15.6 Å². The molecule has 0 bridgehead atoms. The van der Waals surface area contributed by atoms with E-state index in [0.717, 1.165) is 6.26 Å². The van der Waals surface area contributed by atoms with Gasteiger partial charge < -0.3 is 10.5 Å². The standard InChI is InChI=1S/C12H19NO5S2/c1-18-12-4-3-10(7-11(12)8-13)9-20(16,17)6-5-19(2,14)15/h3-4,7H,5-6,8-9,13H2,1-2H3. The van der Waals surface area contributed by atoms with Crippen molar-refractivity contribution < 1.29 is 21.6 Å². The lowest BCUT2D eigenvalue weighted by Gasteiger charge is -2.09. The van der Waals surface area contributed by atoms with Crippen molar-refractivity contribution in [2.45, 2.75) is 12.3 Å². The van der Waals surface area contributed by atoms with Crippen molar-refractivity contribution in [2.24, 2.45) is 5.73 Å². The van der Waals surface area contributed by atoms with E-state index in [-0.39, 0.29) is 23.8 Å². The van der Waals surface area contributed by atoms with Gasteiger partial charge in [-0.15, -0.1) is 0 Å². The summed E-state index contributed by atoms with van der Waals surface area (Å²) in [6.45, 7) is 0.237. The second-order valence-electron chi connectivity index (χ2n) is 4.57. The van der Waals surface area contributed by atoms with E-state index in [2.05, 4.69) is 0 Å². The van der Waals surface area contributed by atoms with Gasteiger partial charge in [0.05, 0.1) is 24.4 Å². The first-order valence-corrected chi connectivity index (χ1v) is 9.79. The lowest BCUT2D eigenvalue weighted by molar-refractivity contribution is 0.409. The van der Waals surface area contributed by atoms with Crippen LogP contribution in [0, 0.1) is 0 Å². The van der Waals surface area contributed by atoms with Crippen LogP contribution in [0.2, 0.25) is 0 Å². The Labute approximate surface area is 119 Å². The number of methoxy groups -OCH3 is 1. The Kier molecular flexibility index (Phi) is 5.55. The number of benzene rings is 1. The molecule has 0 fully saturated rings. The summed E-state index contributed by atoms with van der Waals surface area (Å²) in [5.74, 6) is -0.352. The number of sulfone groups is 2. The smallest absolute Gasteiger partial charge is 0.155 e. The molecule has 0 aliphatic carbocycles. The lowest BCUT2D eigenvalue weighted by atomic mass is 10.1. The molecule has 0 atom stereocenters. The van der Waals surface area contributed by atoms with Crippen molar-refractivity contribution in [3.05, 3.63) is 29.3 Å². The molecule has 2 N–H and O–H groups in total. The summed E-state index contributed by atoms with van der Waals surface area (Å²) in [5.41, 5.74) is 6.85. The molecule has 0 saturated carbocycles. The van der Waals surface area contributed by atoms with Gasteiger partial charge in [-0.05, 0) is 17.7 Å². The van der Waals surface area contributed by atoms with Crippen molar-refractivity contribution in [3.8, 4) is 5.75 Å². The SMILES string of the molecule is COc1ccc(CS(=O)(=O)CCS(C)(=O)=O)cc1CN. The first-order chi connectivity index (χ1) is 9.17. The van der Waals surface area contributed by atoms with E-state index in [1.807, 2.05) is 0 Å².